The standard InChI is InChI=1S/C5H15NO2Si/c1-3-7-5(6,9)8-4-2/h3-4,6H2,1-2,9H3. The van der Waals surface area contributed by atoms with Crippen molar-refractivity contribution in [2.24, 2.45) is 5.73 Å². The van der Waals surface area contributed by atoms with Gasteiger partial charge in [-0.2, -0.15) is 0 Å². The lowest BCUT2D eigenvalue weighted by Crippen LogP contribution is -2.46. The van der Waals surface area contributed by atoms with Crippen molar-refractivity contribution in [2.75, 3.05) is 13.2 Å². The highest BCUT2D eigenvalue weighted by atomic mass is 28.1. The van der Waals surface area contributed by atoms with Gasteiger partial charge in [0.25, 0.3) is 0 Å². The van der Waals surface area contributed by atoms with Gasteiger partial charge in [-0.1, -0.05) is 0 Å². The second-order valence-electron chi connectivity index (χ2n) is 1.88. The van der Waals surface area contributed by atoms with Crippen molar-refractivity contribution in [3.8, 4) is 0 Å². The SMILES string of the molecule is CCOC(N)([SiH3])OCC. The topological polar surface area (TPSA) is 44.5 Å². The molecule has 0 aliphatic rings. The number of hydrogen-bond acceptors (Lipinski definition) is 3. The molecule has 0 aliphatic heterocycles. The highest BCUT2D eigenvalue weighted by molar-refractivity contribution is 6.12. The van der Waals surface area contributed by atoms with Crippen LogP contribution in [0.3, 0.4) is 0 Å². The summed E-state index contributed by atoms with van der Waals surface area (Å²) in [6, 6.07) is 0. The van der Waals surface area contributed by atoms with Crippen molar-refractivity contribution in [3.05, 3.63) is 0 Å². The molecule has 0 saturated heterocycles. The molecular weight excluding hydrogens is 134 g/mol. The highest BCUT2D eigenvalue weighted by Gasteiger charge is 2.15. The van der Waals surface area contributed by atoms with E-state index in [1.165, 1.54) is 0 Å². The van der Waals surface area contributed by atoms with Crippen LogP contribution < -0.4 is 5.73 Å². The van der Waals surface area contributed by atoms with Crippen LogP contribution in [-0.2, 0) is 9.47 Å². The first kappa shape index (κ1) is 9.10. The van der Waals surface area contributed by atoms with Gasteiger partial charge in [-0.05, 0) is 13.8 Å². The molecule has 9 heavy (non-hydrogen) atoms. The van der Waals surface area contributed by atoms with Crippen LogP contribution in [0.5, 0.6) is 0 Å². The Bertz CT molecular complexity index is 69.4. The van der Waals surface area contributed by atoms with E-state index in [-0.39, 0.29) is 0 Å². The molecule has 0 amide bonds. The molecule has 0 aromatic heterocycles. The fourth-order valence-corrected chi connectivity index (χ4v) is 1.19. The highest BCUT2D eigenvalue weighted by Crippen LogP contribution is 1.97. The van der Waals surface area contributed by atoms with Crippen molar-refractivity contribution >= 4 is 10.2 Å². The van der Waals surface area contributed by atoms with Crippen molar-refractivity contribution in [2.45, 2.75) is 19.4 Å². The van der Waals surface area contributed by atoms with Crippen molar-refractivity contribution in [1.82, 2.24) is 0 Å². The Labute approximate surface area is 58.9 Å². The summed E-state index contributed by atoms with van der Waals surface area (Å²) in [5, 5.41) is 0. The Hall–Kier alpha value is 0.0969. The maximum atomic E-state index is 5.56. The number of rotatable bonds is 4. The first-order valence-corrected chi connectivity index (χ1v) is 4.19. The monoisotopic (exact) mass is 149 g/mol. The third-order valence-corrected chi connectivity index (χ3v) is 1.44. The molecule has 0 bridgehead atoms. The summed E-state index contributed by atoms with van der Waals surface area (Å²) < 4.78 is 10.2. The molecule has 0 fully saturated rings. The minimum atomic E-state index is -0.760. The lowest BCUT2D eigenvalue weighted by Gasteiger charge is -2.23. The summed E-state index contributed by atoms with van der Waals surface area (Å²) in [5.41, 5.74) is 4.79. The Morgan fingerprint density at radius 1 is 1.33 bits per heavy atom. The second-order valence-corrected chi connectivity index (χ2v) is 3.28. The van der Waals surface area contributed by atoms with Gasteiger partial charge in [0.1, 0.15) is 0 Å². The van der Waals surface area contributed by atoms with E-state index in [9.17, 15) is 0 Å². The summed E-state index contributed by atoms with van der Waals surface area (Å²) in [6.07, 6.45) is 0. The van der Waals surface area contributed by atoms with E-state index >= 15 is 0 Å². The Kier molecular flexibility index (Phi) is 4.04. The Morgan fingerprint density at radius 3 is 1.89 bits per heavy atom. The molecule has 0 saturated carbocycles. The lowest BCUT2D eigenvalue weighted by molar-refractivity contribution is -0.168. The van der Waals surface area contributed by atoms with Crippen LogP contribution in [0.25, 0.3) is 0 Å². The van der Waals surface area contributed by atoms with Crippen LogP contribution in [0.4, 0.5) is 0 Å². The Balaban J connectivity index is 3.43. The van der Waals surface area contributed by atoms with Gasteiger partial charge in [0.05, 0.1) is 10.2 Å². The average Bonchev–Trinajstić information content (AvgIpc) is 1.64. The molecule has 2 N–H and O–H groups in total. The minimum Gasteiger partial charge on any atom is -0.342 e. The molecular formula is C5H15NO2Si. The normalized spacial score (nSPS) is 12.3. The molecule has 0 spiro atoms. The molecule has 0 rings (SSSR count). The van der Waals surface area contributed by atoms with E-state index in [0.717, 1.165) is 0 Å². The molecule has 3 nitrogen and oxygen atoms in total. The van der Waals surface area contributed by atoms with Gasteiger partial charge in [0, 0.05) is 13.2 Å². The maximum Gasteiger partial charge on any atom is 0.191 e. The van der Waals surface area contributed by atoms with E-state index < -0.39 is 5.53 Å². The van der Waals surface area contributed by atoms with Crippen LogP contribution in [0.15, 0.2) is 0 Å². The van der Waals surface area contributed by atoms with Crippen LogP contribution in [-0.4, -0.2) is 29.0 Å². The first-order chi connectivity index (χ1) is 4.12. The zero-order chi connectivity index (χ0) is 7.33. The van der Waals surface area contributed by atoms with Gasteiger partial charge in [0.2, 0.25) is 0 Å². The van der Waals surface area contributed by atoms with Gasteiger partial charge in [-0.15, -0.1) is 0 Å². The average molecular weight is 149 g/mol. The fraction of sp³-hybridized carbons (Fsp3) is 1.00. The molecule has 0 aromatic rings. The maximum absolute atomic E-state index is 5.56. The van der Waals surface area contributed by atoms with Crippen LogP contribution in [0, 0.1) is 0 Å². The number of hydrogen-bond donors (Lipinski definition) is 1. The molecule has 56 valence electrons. The zero-order valence-electron chi connectivity index (χ0n) is 6.31. The minimum absolute atomic E-state index is 0.611. The molecule has 0 aliphatic carbocycles. The van der Waals surface area contributed by atoms with Crippen LogP contribution in [0.1, 0.15) is 13.8 Å². The van der Waals surface area contributed by atoms with E-state index in [2.05, 4.69) is 0 Å². The van der Waals surface area contributed by atoms with Crippen LogP contribution >= 0.6 is 0 Å². The van der Waals surface area contributed by atoms with Crippen LogP contribution in [0.2, 0.25) is 0 Å². The van der Waals surface area contributed by atoms with Gasteiger partial charge in [-0.25, -0.2) is 0 Å². The predicted molar refractivity (Wildman–Crippen MR) is 40.1 cm³/mol. The predicted octanol–water partition coefficient (Wildman–Crippen LogP) is -1.01. The van der Waals surface area contributed by atoms with Crippen molar-refractivity contribution in [1.29, 1.82) is 0 Å². The number of nitrogens with two attached hydrogens (primary N) is 1. The summed E-state index contributed by atoms with van der Waals surface area (Å²) in [7, 11) is 0.701. The smallest absolute Gasteiger partial charge is 0.191 e. The fourth-order valence-electron chi connectivity index (χ4n) is 0.615. The second kappa shape index (κ2) is 4.00. The summed E-state index contributed by atoms with van der Waals surface area (Å²) in [6.45, 7) is 5.02. The van der Waals surface area contributed by atoms with Gasteiger partial charge < -0.3 is 9.47 Å². The first-order valence-electron chi connectivity index (χ1n) is 3.19. The number of ether oxygens (including phenoxy) is 2. The summed E-state index contributed by atoms with van der Waals surface area (Å²) in [4.78, 5) is 0. The third kappa shape index (κ3) is 4.59. The molecule has 0 heterocycles. The third-order valence-electron chi connectivity index (χ3n) is 0.862. The van der Waals surface area contributed by atoms with Gasteiger partial charge in [-0.3, -0.25) is 5.73 Å². The largest absolute Gasteiger partial charge is 0.342 e. The lowest BCUT2D eigenvalue weighted by atomic mass is 10.8. The molecule has 0 unspecified atom stereocenters. The molecule has 0 radical (unpaired) electrons. The van der Waals surface area contributed by atoms with E-state index in [1.807, 2.05) is 13.8 Å². The summed E-state index contributed by atoms with van der Waals surface area (Å²) >= 11 is 0. The summed E-state index contributed by atoms with van der Waals surface area (Å²) in [5.74, 6) is 0. The van der Waals surface area contributed by atoms with Crippen molar-refractivity contribution < 1.29 is 9.47 Å². The van der Waals surface area contributed by atoms with E-state index in [4.69, 9.17) is 15.2 Å². The van der Waals surface area contributed by atoms with Gasteiger partial charge in [0.15, 0.2) is 5.53 Å². The molecule has 4 heteroatoms. The molecule has 0 atom stereocenters. The quantitative estimate of drug-likeness (QED) is 0.412. The molecule has 0 aromatic carbocycles. The van der Waals surface area contributed by atoms with E-state index in [0.29, 0.717) is 23.5 Å². The van der Waals surface area contributed by atoms with E-state index in [1.54, 1.807) is 0 Å². The Morgan fingerprint density at radius 2 is 1.67 bits per heavy atom. The zero-order valence-corrected chi connectivity index (χ0v) is 8.31. The van der Waals surface area contributed by atoms with Crippen molar-refractivity contribution in [3.63, 3.8) is 0 Å². The van der Waals surface area contributed by atoms with Gasteiger partial charge >= 0.3 is 0 Å².